The number of nitrogens with one attached hydrogen (secondary N) is 2. The van der Waals surface area contributed by atoms with E-state index in [-0.39, 0.29) is 17.5 Å². The zero-order valence-corrected chi connectivity index (χ0v) is 18.6. The molecule has 31 heavy (non-hydrogen) atoms. The van der Waals surface area contributed by atoms with Gasteiger partial charge >= 0.3 is 5.97 Å². The SMILES string of the molecule is COC(=O)c1c(NC(=O)c2ccoc2)c2cc(NC3CCSC3)cnc2n1CC(C)C. The Bertz CT molecular complexity index is 1080. The van der Waals surface area contributed by atoms with E-state index < -0.39 is 5.97 Å². The molecular formula is C22H26N4O4S. The highest BCUT2D eigenvalue weighted by Crippen LogP contribution is 2.34. The molecule has 9 heteroatoms. The number of fused-ring (bicyclic) bond motifs is 1. The predicted octanol–water partition coefficient (Wildman–Crippen LogP) is 4.24. The van der Waals surface area contributed by atoms with E-state index in [1.807, 2.05) is 22.4 Å². The van der Waals surface area contributed by atoms with Crippen LogP contribution >= 0.6 is 11.8 Å². The summed E-state index contributed by atoms with van der Waals surface area (Å²) in [4.78, 5) is 30.2. The van der Waals surface area contributed by atoms with Crippen molar-refractivity contribution in [3.05, 3.63) is 42.1 Å². The Morgan fingerprint density at radius 2 is 2.26 bits per heavy atom. The second-order valence-electron chi connectivity index (χ2n) is 7.99. The fourth-order valence-corrected chi connectivity index (χ4v) is 4.90. The molecule has 3 aromatic rings. The molecule has 164 valence electrons. The number of ether oxygens (including phenoxy) is 1. The van der Waals surface area contributed by atoms with E-state index in [0.717, 1.165) is 23.6 Å². The average molecular weight is 443 g/mol. The lowest BCUT2D eigenvalue weighted by Gasteiger charge is -2.13. The molecule has 8 nitrogen and oxygen atoms in total. The van der Waals surface area contributed by atoms with Crippen molar-refractivity contribution in [2.24, 2.45) is 5.92 Å². The summed E-state index contributed by atoms with van der Waals surface area (Å²) in [6.45, 7) is 4.68. The number of hydrogen-bond donors (Lipinski definition) is 2. The minimum absolute atomic E-state index is 0.256. The first-order chi connectivity index (χ1) is 15.0. The fraction of sp³-hybridized carbons (Fsp3) is 0.409. The van der Waals surface area contributed by atoms with Crippen molar-refractivity contribution in [1.82, 2.24) is 9.55 Å². The smallest absolute Gasteiger partial charge is 0.356 e. The summed E-state index contributed by atoms with van der Waals surface area (Å²) in [5.41, 5.74) is 2.53. The average Bonchev–Trinajstić information content (AvgIpc) is 3.49. The largest absolute Gasteiger partial charge is 0.472 e. The number of furan rings is 1. The van der Waals surface area contributed by atoms with Crippen molar-refractivity contribution in [2.75, 3.05) is 29.2 Å². The van der Waals surface area contributed by atoms with Gasteiger partial charge in [-0.25, -0.2) is 9.78 Å². The molecule has 2 N–H and O–H groups in total. The fourth-order valence-electron chi connectivity index (χ4n) is 3.75. The van der Waals surface area contributed by atoms with E-state index in [1.54, 1.807) is 12.3 Å². The summed E-state index contributed by atoms with van der Waals surface area (Å²) in [6, 6.07) is 3.90. The molecule has 1 fully saturated rings. The van der Waals surface area contributed by atoms with Crippen LogP contribution in [0.5, 0.6) is 0 Å². The number of hydrogen-bond acceptors (Lipinski definition) is 7. The van der Waals surface area contributed by atoms with Crippen molar-refractivity contribution in [1.29, 1.82) is 0 Å². The van der Waals surface area contributed by atoms with Crippen molar-refractivity contribution in [3.8, 4) is 0 Å². The van der Waals surface area contributed by atoms with Gasteiger partial charge in [-0.2, -0.15) is 11.8 Å². The molecule has 0 saturated carbocycles. The van der Waals surface area contributed by atoms with Crippen LogP contribution in [0.3, 0.4) is 0 Å². The molecule has 4 rings (SSSR count). The maximum atomic E-state index is 12.8. The first-order valence-electron chi connectivity index (χ1n) is 10.3. The summed E-state index contributed by atoms with van der Waals surface area (Å²) in [5.74, 6) is 1.54. The van der Waals surface area contributed by atoms with Crippen molar-refractivity contribution in [2.45, 2.75) is 32.9 Å². The lowest BCUT2D eigenvalue weighted by atomic mass is 10.2. The molecule has 0 radical (unpaired) electrons. The maximum absolute atomic E-state index is 12.8. The van der Waals surface area contributed by atoms with E-state index in [2.05, 4.69) is 29.5 Å². The van der Waals surface area contributed by atoms with Gasteiger partial charge in [0.25, 0.3) is 5.91 Å². The molecular weight excluding hydrogens is 416 g/mol. The second kappa shape index (κ2) is 9.05. The molecule has 3 aromatic heterocycles. The van der Waals surface area contributed by atoms with E-state index in [9.17, 15) is 9.59 Å². The molecule has 0 aliphatic carbocycles. The number of pyridine rings is 1. The first-order valence-corrected chi connectivity index (χ1v) is 11.4. The molecule has 1 saturated heterocycles. The summed E-state index contributed by atoms with van der Waals surface area (Å²) in [6.07, 6.45) is 5.67. The number of thioether (sulfide) groups is 1. The van der Waals surface area contributed by atoms with Gasteiger partial charge in [-0.15, -0.1) is 0 Å². The number of rotatable bonds is 7. The van der Waals surface area contributed by atoms with Crippen LogP contribution in [0.2, 0.25) is 0 Å². The van der Waals surface area contributed by atoms with Gasteiger partial charge in [-0.1, -0.05) is 13.8 Å². The highest BCUT2D eigenvalue weighted by Gasteiger charge is 2.27. The summed E-state index contributed by atoms with van der Waals surface area (Å²) >= 11 is 1.92. The lowest BCUT2D eigenvalue weighted by Crippen LogP contribution is -2.18. The van der Waals surface area contributed by atoms with Gasteiger partial charge < -0.3 is 24.4 Å². The Morgan fingerprint density at radius 3 is 2.90 bits per heavy atom. The van der Waals surface area contributed by atoms with Crippen LogP contribution in [0, 0.1) is 5.92 Å². The van der Waals surface area contributed by atoms with Gasteiger partial charge in [0.05, 0.1) is 36.5 Å². The van der Waals surface area contributed by atoms with Crippen molar-refractivity contribution < 1.29 is 18.7 Å². The summed E-state index contributed by atoms with van der Waals surface area (Å²) in [5, 5.41) is 7.10. The Morgan fingerprint density at radius 1 is 1.42 bits per heavy atom. The predicted molar refractivity (Wildman–Crippen MR) is 122 cm³/mol. The van der Waals surface area contributed by atoms with Gasteiger partial charge in [0, 0.05) is 23.7 Å². The van der Waals surface area contributed by atoms with Gasteiger partial charge in [0.2, 0.25) is 0 Å². The molecule has 1 unspecified atom stereocenters. The molecule has 4 heterocycles. The van der Waals surface area contributed by atoms with Crippen molar-refractivity contribution in [3.63, 3.8) is 0 Å². The molecule has 1 aliphatic rings. The third-order valence-corrected chi connectivity index (χ3v) is 6.31. The highest BCUT2D eigenvalue weighted by molar-refractivity contribution is 7.99. The first kappa shape index (κ1) is 21.3. The van der Waals surface area contributed by atoms with Crippen LogP contribution in [0.15, 0.2) is 35.3 Å². The molecule has 0 spiro atoms. The van der Waals surface area contributed by atoms with E-state index in [1.165, 1.54) is 19.6 Å². The standard InChI is InChI=1S/C22H26N4O4S/c1-13(2)10-26-19(22(28)29-3)18(25-21(27)14-4-6-30-11-14)17-8-16(9-23-20(17)26)24-15-5-7-31-12-15/h4,6,8-9,11,13,15,24H,5,7,10,12H2,1-3H3,(H,25,27). The van der Waals surface area contributed by atoms with Crippen LogP contribution in [0.1, 0.15) is 41.1 Å². The van der Waals surface area contributed by atoms with Gasteiger partial charge in [0.15, 0.2) is 5.69 Å². The number of carbonyl (C=O) groups is 2. The van der Waals surface area contributed by atoms with Gasteiger partial charge in [-0.05, 0) is 30.2 Å². The Hall–Kier alpha value is -2.94. The van der Waals surface area contributed by atoms with Crippen LogP contribution < -0.4 is 10.6 Å². The third-order valence-electron chi connectivity index (χ3n) is 5.15. The molecule has 0 bridgehead atoms. The van der Waals surface area contributed by atoms with E-state index in [0.29, 0.717) is 34.9 Å². The highest BCUT2D eigenvalue weighted by atomic mass is 32.2. The van der Waals surface area contributed by atoms with Crippen LogP contribution in [-0.2, 0) is 11.3 Å². The third kappa shape index (κ3) is 4.41. The topological polar surface area (TPSA) is 98.4 Å². The molecule has 1 amide bonds. The normalized spacial score (nSPS) is 16.1. The number of aromatic nitrogens is 2. The summed E-state index contributed by atoms with van der Waals surface area (Å²) < 4.78 is 11.9. The number of carbonyl (C=O) groups excluding carboxylic acids is 2. The minimum Gasteiger partial charge on any atom is -0.472 e. The zero-order chi connectivity index (χ0) is 22.0. The van der Waals surface area contributed by atoms with Crippen molar-refractivity contribution >= 4 is 46.0 Å². The zero-order valence-electron chi connectivity index (χ0n) is 17.8. The molecule has 1 atom stereocenters. The lowest BCUT2D eigenvalue weighted by molar-refractivity contribution is 0.0589. The Kier molecular flexibility index (Phi) is 6.22. The van der Waals surface area contributed by atoms with Gasteiger partial charge in [-0.3, -0.25) is 4.79 Å². The Balaban J connectivity index is 1.83. The number of anilines is 2. The molecule has 1 aliphatic heterocycles. The summed E-state index contributed by atoms with van der Waals surface area (Å²) in [7, 11) is 1.33. The van der Waals surface area contributed by atoms with Crippen LogP contribution in [0.4, 0.5) is 11.4 Å². The quantitative estimate of drug-likeness (QED) is 0.528. The number of amides is 1. The molecule has 0 aromatic carbocycles. The van der Waals surface area contributed by atoms with E-state index >= 15 is 0 Å². The maximum Gasteiger partial charge on any atom is 0.356 e. The van der Waals surface area contributed by atoms with E-state index in [4.69, 9.17) is 9.15 Å². The number of nitrogens with zero attached hydrogens (tertiary/aromatic N) is 2. The van der Waals surface area contributed by atoms with Crippen LogP contribution in [-0.4, -0.2) is 46.1 Å². The Labute approximate surface area is 184 Å². The second-order valence-corrected chi connectivity index (χ2v) is 9.14. The minimum atomic E-state index is -0.525. The monoisotopic (exact) mass is 442 g/mol. The van der Waals surface area contributed by atoms with Crippen LogP contribution in [0.25, 0.3) is 11.0 Å². The van der Waals surface area contributed by atoms with Gasteiger partial charge in [0.1, 0.15) is 11.9 Å². The number of esters is 1. The number of methoxy groups -OCH3 is 1.